The van der Waals surface area contributed by atoms with Gasteiger partial charge in [0, 0.05) is 11.8 Å². The average Bonchev–Trinajstić information content (AvgIpc) is 3.21. The van der Waals surface area contributed by atoms with Crippen LogP contribution in [0.1, 0.15) is 43.5 Å². The number of methoxy groups -OCH3 is 1. The van der Waals surface area contributed by atoms with Crippen LogP contribution in [0.15, 0.2) is 48.5 Å². The molecule has 4 rings (SSSR count). The lowest BCUT2D eigenvalue weighted by atomic mass is 9.80. The topological polar surface area (TPSA) is 64.9 Å². The molecule has 0 aliphatic heterocycles. The molecule has 0 saturated heterocycles. The highest BCUT2D eigenvalue weighted by atomic mass is 16.5. The molecule has 1 fully saturated rings. The highest BCUT2D eigenvalue weighted by molar-refractivity contribution is 5.53. The molecule has 1 aliphatic rings. The van der Waals surface area contributed by atoms with E-state index >= 15 is 0 Å². The summed E-state index contributed by atoms with van der Waals surface area (Å²) in [6.07, 6.45) is 5.57. The molecule has 3 aromatic rings. The number of anilines is 1. The van der Waals surface area contributed by atoms with Crippen molar-refractivity contribution in [2.75, 3.05) is 12.4 Å². The molecule has 6 nitrogen and oxygen atoms in total. The summed E-state index contributed by atoms with van der Waals surface area (Å²) in [5, 5.41) is 16.6. The van der Waals surface area contributed by atoms with Crippen LogP contribution in [0, 0.1) is 6.92 Å². The van der Waals surface area contributed by atoms with E-state index in [-0.39, 0.29) is 5.54 Å². The van der Waals surface area contributed by atoms with E-state index in [9.17, 15) is 0 Å². The number of ether oxygens (including phenoxy) is 1. The van der Waals surface area contributed by atoms with Gasteiger partial charge in [-0.15, -0.1) is 5.10 Å². The zero-order chi connectivity index (χ0) is 18.7. The highest BCUT2D eigenvalue weighted by Crippen LogP contribution is 2.40. The number of hydrogen-bond donors (Lipinski definition) is 1. The van der Waals surface area contributed by atoms with Crippen LogP contribution in [-0.2, 0) is 5.54 Å². The third-order valence-corrected chi connectivity index (χ3v) is 5.42. The number of aryl methyl sites for hydroxylation is 1. The van der Waals surface area contributed by atoms with Gasteiger partial charge in [-0.2, -0.15) is 4.68 Å². The molecule has 1 aliphatic carbocycles. The number of nitrogens with one attached hydrogen (secondary N) is 1. The molecule has 2 aromatic carbocycles. The molecule has 140 valence electrons. The second kappa shape index (κ2) is 7.39. The van der Waals surface area contributed by atoms with Gasteiger partial charge < -0.3 is 10.1 Å². The Balaban J connectivity index is 1.78. The normalized spacial score (nSPS) is 16.1. The zero-order valence-electron chi connectivity index (χ0n) is 15.9. The molecule has 0 spiro atoms. The SMILES string of the molecule is COc1cccc(-n2nnnc2C2(Nc3ccccc3C)CCCCC2)c1. The minimum Gasteiger partial charge on any atom is -0.497 e. The highest BCUT2D eigenvalue weighted by Gasteiger charge is 2.39. The number of rotatable bonds is 5. The Bertz CT molecular complexity index is 914. The predicted molar refractivity (Wildman–Crippen MR) is 105 cm³/mol. The monoisotopic (exact) mass is 363 g/mol. The Hall–Kier alpha value is -2.89. The van der Waals surface area contributed by atoms with Crippen LogP contribution in [0.3, 0.4) is 0 Å². The van der Waals surface area contributed by atoms with Crippen LogP contribution in [0.25, 0.3) is 5.69 Å². The van der Waals surface area contributed by atoms with E-state index in [0.29, 0.717) is 0 Å². The summed E-state index contributed by atoms with van der Waals surface area (Å²) in [4.78, 5) is 0. The smallest absolute Gasteiger partial charge is 0.181 e. The first kappa shape index (κ1) is 17.5. The third kappa shape index (κ3) is 3.39. The van der Waals surface area contributed by atoms with E-state index in [4.69, 9.17) is 4.74 Å². The number of tetrazole rings is 1. The number of para-hydroxylation sites is 1. The molecule has 6 heteroatoms. The minimum absolute atomic E-state index is 0.281. The largest absolute Gasteiger partial charge is 0.497 e. The van der Waals surface area contributed by atoms with E-state index in [0.717, 1.165) is 48.6 Å². The number of benzene rings is 2. The first-order chi connectivity index (χ1) is 13.2. The van der Waals surface area contributed by atoms with Gasteiger partial charge in [0.05, 0.1) is 18.3 Å². The molecule has 1 aromatic heterocycles. The fourth-order valence-electron chi connectivity index (χ4n) is 3.93. The van der Waals surface area contributed by atoms with Crippen molar-refractivity contribution in [3.8, 4) is 11.4 Å². The molecular weight excluding hydrogens is 338 g/mol. The molecule has 1 N–H and O–H groups in total. The van der Waals surface area contributed by atoms with Crippen molar-refractivity contribution < 1.29 is 4.74 Å². The first-order valence-electron chi connectivity index (χ1n) is 9.49. The van der Waals surface area contributed by atoms with Crippen molar-refractivity contribution >= 4 is 5.69 Å². The maximum Gasteiger partial charge on any atom is 0.181 e. The van der Waals surface area contributed by atoms with Crippen molar-refractivity contribution in [1.29, 1.82) is 0 Å². The Morgan fingerprint density at radius 3 is 2.63 bits per heavy atom. The van der Waals surface area contributed by atoms with Crippen molar-refractivity contribution in [1.82, 2.24) is 20.2 Å². The lowest BCUT2D eigenvalue weighted by molar-refractivity contribution is 0.309. The van der Waals surface area contributed by atoms with Crippen molar-refractivity contribution in [3.05, 3.63) is 59.9 Å². The maximum atomic E-state index is 5.38. The summed E-state index contributed by atoms with van der Waals surface area (Å²) < 4.78 is 7.22. The second-order valence-electron chi connectivity index (χ2n) is 7.20. The molecule has 0 amide bonds. The molecular formula is C21H25N5O. The van der Waals surface area contributed by atoms with Crippen LogP contribution < -0.4 is 10.1 Å². The van der Waals surface area contributed by atoms with E-state index < -0.39 is 0 Å². The van der Waals surface area contributed by atoms with Crippen LogP contribution in [0.2, 0.25) is 0 Å². The van der Waals surface area contributed by atoms with E-state index in [1.807, 2.05) is 28.9 Å². The molecule has 1 saturated carbocycles. The lowest BCUT2D eigenvalue weighted by Crippen LogP contribution is -2.40. The predicted octanol–water partition coefficient (Wildman–Crippen LogP) is 4.25. The Kier molecular flexibility index (Phi) is 4.79. The van der Waals surface area contributed by atoms with Crippen molar-refractivity contribution in [3.63, 3.8) is 0 Å². The van der Waals surface area contributed by atoms with E-state index in [2.05, 4.69) is 52.0 Å². The summed E-state index contributed by atoms with van der Waals surface area (Å²) >= 11 is 0. The minimum atomic E-state index is -0.281. The molecule has 27 heavy (non-hydrogen) atoms. The van der Waals surface area contributed by atoms with Gasteiger partial charge in [0.2, 0.25) is 0 Å². The second-order valence-corrected chi connectivity index (χ2v) is 7.20. The van der Waals surface area contributed by atoms with Crippen LogP contribution in [0.4, 0.5) is 5.69 Å². The molecule has 0 bridgehead atoms. The Labute approximate surface area is 159 Å². The standard InChI is InChI=1S/C21H25N5O/c1-16-9-4-5-12-19(16)22-21(13-6-3-7-14-21)20-23-24-25-26(20)17-10-8-11-18(15-17)27-2/h4-5,8-12,15,22H,3,6-7,13-14H2,1-2H3. The molecule has 0 unspecified atom stereocenters. The van der Waals surface area contributed by atoms with Gasteiger partial charge in [-0.05, 0) is 54.0 Å². The lowest BCUT2D eigenvalue weighted by Gasteiger charge is -2.38. The van der Waals surface area contributed by atoms with Gasteiger partial charge in [-0.3, -0.25) is 0 Å². The number of nitrogens with zero attached hydrogens (tertiary/aromatic N) is 4. The average molecular weight is 363 g/mol. The van der Waals surface area contributed by atoms with Crippen LogP contribution in [-0.4, -0.2) is 27.3 Å². The Morgan fingerprint density at radius 1 is 1.04 bits per heavy atom. The van der Waals surface area contributed by atoms with Crippen molar-refractivity contribution in [2.24, 2.45) is 0 Å². The molecule has 0 atom stereocenters. The van der Waals surface area contributed by atoms with Crippen LogP contribution in [0.5, 0.6) is 5.75 Å². The van der Waals surface area contributed by atoms with Gasteiger partial charge in [0.25, 0.3) is 0 Å². The van der Waals surface area contributed by atoms with Gasteiger partial charge in [-0.1, -0.05) is 43.5 Å². The quantitative estimate of drug-likeness (QED) is 0.734. The number of hydrogen-bond acceptors (Lipinski definition) is 5. The van der Waals surface area contributed by atoms with E-state index in [1.165, 1.54) is 12.0 Å². The molecule has 1 heterocycles. The maximum absolute atomic E-state index is 5.38. The Morgan fingerprint density at radius 2 is 1.85 bits per heavy atom. The van der Waals surface area contributed by atoms with Crippen LogP contribution >= 0.6 is 0 Å². The number of aromatic nitrogens is 4. The fourth-order valence-corrected chi connectivity index (χ4v) is 3.93. The fraction of sp³-hybridized carbons (Fsp3) is 0.381. The summed E-state index contributed by atoms with van der Waals surface area (Å²) in [6, 6.07) is 16.2. The zero-order valence-corrected chi connectivity index (χ0v) is 15.9. The van der Waals surface area contributed by atoms with Gasteiger partial charge in [-0.25, -0.2) is 0 Å². The van der Waals surface area contributed by atoms with E-state index in [1.54, 1.807) is 7.11 Å². The summed E-state index contributed by atoms with van der Waals surface area (Å²) in [7, 11) is 1.67. The summed E-state index contributed by atoms with van der Waals surface area (Å²) in [5.74, 6) is 1.65. The van der Waals surface area contributed by atoms with Gasteiger partial charge in [0.15, 0.2) is 5.82 Å². The third-order valence-electron chi connectivity index (χ3n) is 5.42. The summed E-state index contributed by atoms with van der Waals surface area (Å²) in [5.41, 5.74) is 2.99. The van der Waals surface area contributed by atoms with Crippen molar-refractivity contribution in [2.45, 2.75) is 44.6 Å². The summed E-state index contributed by atoms with van der Waals surface area (Å²) in [6.45, 7) is 2.13. The first-order valence-corrected chi connectivity index (χ1v) is 9.49. The van der Waals surface area contributed by atoms with Gasteiger partial charge >= 0.3 is 0 Å². The van der Waals surface area contributed by atoms with Gasteiger partial charge in [0.1, 0.15) is 5.75 Å². The molecule has 0 radical (unpaired) electrons.